The fourth-order valence-corrected chi connectivity index (χ4v) is 7.01. The molecule has 6 rings (SSSR count). The van der Waals surface area contributed by atoms with E-state index >= 15 is 0 Å². The van der Waals surface area contributed by atoms with Crippen molar-refractivity contribution in [3.05, 3.63) is 23.2 Å². The van der Waals surface area contributed by atoms with E-state index in [1.807, 2.05) is 6.92 Å². The fraction of sp³-hybridized carbons (Fsp3) is 0.600. The Morgan fingerprint density at radius 1 is 1.21 bits per heavy atom. The van der Waals surface area contributed by atoms with Crippen LogP contribution < -0.4 is 5.32 Å². The van der Waals surface area contributed by atoms with E-state index in [0.717, 1.165) is 34.0 Å². The number of hydrogen-bond acceptors (Lipinski definition) is 4. The third kappa shape index (κ3) is 2.30. The smallest absolute Gasteiger partial charge is 0.142 e. The molecular formula is C20H24N2OS. The standard InChI is InChI=1S/C20H24N2OS/c1-12-21-17-7-16(2-3-18(17)24-12)22-19(11-23)20-8-13-4-14(9-20)6-15(5-13)10-20/h2-3,7,11,13-15,19,22H,4-6,8-10H2,1H3. The van der Waals surface area contributed by atoms with Crippen LogP contribution in [0.15, 0.2) is 18.2 Å². The molecule has 1 heterocycles. The molecule has 1 aromatic heterocycles. The number of aldehydes is 1. The topological polar surface area (TPSA) is 42.0 Å². The first-order valence-corrected chi connectivity index (χ1v) is 10.0. The van der Waals surface area contributed by atoms with Gasteiger partial charge in [0.1, 0.15) is 6.29 Å². The van der Waals surface area contributed by atoms with E-state index < -0.39 is 0 Å². The highest BCUT2D eigenvalue weighted by Gasteiger charge is 2.54. The number of aryl methyl sites for hydroxylation is 1. The van der Waals surface area contributed by atoms with Crippen LogP contribution in [0, 0.1) is 30.1 Å². The number of fused-ring (bicyclic) bond motifs is 1. The Kier molecular flexibility index (Phi) is 3.28. The van der Waals surface area contributed by atoms with Gasteiger partial charge in [-0.05, 0) is 86.8 Å². The third-order valence-electron chi connectivity index (χ3n) is 6.70. The lowest BCUT2D eigenvalue weighted by atomic mass is 9.48. The van der Waals surface area contributed by atoms with Crippen molar-refractivity contribution < 1.29 is 4.79 Å². The molecule has 2 aromatic rings. The van der Waals surface area contributed by atoms with Gasteiger partial charge in [0.25, 0.3) is 0 Å². The van der Waals surface area contributed by atoms with Crippen molar-refractivity contribution in [2.45, 2.75) is 51.5 Å². The second kappa shape index (κ2) is 5.29. The van der Waals surface area contributed by atoms with Crippen LogP contribution in [0.4, 0.5) is 5.69 Å². The molecule has 1 N–H and O–H groups in total. The summed E-state index contributed by atoms with van der Waals surface area (Å²) in [6.45, 7) is 2.04. The van der Waals surface area contributed by atoms with Gasteiger partial charge in [-0.25, -0.2) is 4.98 Å². The van der Waals surface area contributed by atoms with Crippen molar-refractivity contribution >= 4 is 33.5 Å². The summed E-state index contributed by atoms with van der Waals surface area (Å²) in [6, 6.07) is 6.29. The average Bonchev–Trinajstić information content (AvgIpc) is 2.90. The second-order valence-electron chi connectivity index (χ2n) is 8.45. The average molecular weight is 340 g/mol. The number of carbonyl (C=O) groups is 1. The molecule has 1 atom stereocenters. The minimum Gasteiger partial charge on any atom is -0.375 e. The zero-order valence-corrected chi connectivity index (χ0v) is 14.9. The van der Waals surface area contributed by atoms with Crippen molar-refractivity contribution in [2.24, 2.45) is 23.2 Å². The number of aromatic nitrogens is 1. The van der Waals surface area contributed by atoms with Crippen molar-refractivity contribution in [3.63, 3.8) is 0 Å². The van der Waals surface area contributed by atoms with E-state index in [1.54, 1.807) is 11.3 Å². The molecule has 0 amide bonds. The lowest BCUT2D eigenvalue weighted by Gasteiger charge is -2.58. The third-order valence-corrected chi connectivity index (χ3v) is 7.65. The highest BCUT2D eigenvalue weighted by atomic mass is 32.1. The maximum absolute atomic E-state index is 12.0. The van der Waals surface area contributed by atoms with Gasteiger partial charge in [-0.15, -0.1) is 11.3 Å². The molecule has 4 aliphatic rings. The van der Waals surface area contributed by atoms with E-state index in [2.05, 4.69) is 28.5 Å². The van der Waals surface area contributed by atoms with Crippen LogP contribution in [-0.2, 0) is 4.79 Å². The van der Waals surface area contributed by atoms with Crippen LogP contribution in [0.2, 0.25) is 0 Å². The molecule has 4 heteroatoms. The highest BCUT2D eigenvalue weighted by molar-refractivity contribution is 7.18. The summed E-state index contributed by atoms with van der Waals surface area (Å²) in [5.74, 6) is 2.59. The molecule has 0 aliphatic heterocycles. The zero-order valence-electron chi connectivity index (χ0n) is 14.1. The van der Waals surface area contributed by atoms with Crippen molar-refractivity contribution in [3.8, 4) is 0 Å². The Labute approximate surface area is 146 Å². The van der Waals surface area contributed by atoms with Gasteiger partial charge in [-0.2, -0.15) is 0 Å². The molecule has 126 valence electrons. The number of nitrogens with zero attached hydrogens (tertiary/aromatic N) is 1. The summed E-state index contributed by atoms with van der Waals surface area (Å²) < 4.78 is 1.22. The maximum Gasteiger partial charge on any atom is 0.142 e. The second-order valence-corrected chi connectivity index (χ2v) is 9.69. The highest BCUT2D eigenvalue weighted by Crippen LogP contribution is 2.61. The number of thiazole rings is 1. The predicted octanol–water partition coefficient (Wildman–Crippen LogP) is 4.80. The van der Waals surface area contributed by atoms with Gasteiger partial charge in [0, 0.05) is 5.69 Å². The largest absolute Gasteiger partial charge is 0.375 e. The summed E-state index contributed by atoms with van der Waals surface area (Å²) in [4.78, 5) is 16.6. The van der Waals surface area contributed by atoms with Crippen molar-refractivity contribution in [2.75, 3.05) is 5.32 Å². The Morgan fingerprint density at radius 2 is 1.88 bits per heavy atom. The molecule has 4 aliphatic carbocycles. The minimum atomic E-state index is -0.0527. The molecular weight excluding hydrogens is 316 g/mol. The number of nitrogens with one attached hydrogen (secondary N) is 1. The molecule has 4 bridgehead atoms. The monoisotopic (exact) mass is 340 g/mol. The van der Waals surface area contributed by atoms with Gasteiger partial charge in [-0.1, -0.05) is 0 Å². The number of rotatable bonds is 4. The first kappa shape index (κ1) is 14.9. The van der Waals surface area contributed by atoms with Gasteiger partial charge >= 0.3 is 0 Å². The van der Waals surface area contributed by atoms with Gasteiger partial charge in [-0.3, -0.25) is 0 Å². The maximum atomic E-state index is 12.0. The summed E-state index contributed by atoms with van der Waals surface area (Å²) in [5, 5.41) is 4.68. The Balaban J connectivity index is 1.44. The molecule has 24 heavy (non-hydrogen) atoms. The predicted molar refractivity (Wildman–Crippen MR) is 98.4 cm³/mol. The molecule has 0 saturated heterocycles. The van der Waals surface area contributed by atoms with E-state index in [1.165, 1.54) is 49.5 Å². The molecule has 4 fully saturated rings. The molecule has 1 unspecified atom stereocenters. The molecule has 0 spiro atoms. The van der Waals surface area contributed by atoms with Crippen LogP contribution in [0.25, 0.3) is 10.2 Å². The summed E-state index contributed by atoms with van der Waals surface area (Å²) >= 11 is 1.72. The number of hydrogen-bond donors (Lipinski definition) is 1. The van der Waals surface area contributed by atoms with Crippen LogP contribution in [0.1, 0.15) is 43.5 Å². The quantitative estimate of drug-likeness (QED) is 0.813. The van der Waals surface area contributed by atoms with E-state index in [0.29, 0.717) is 0 Å². The lowest BCUT2D eigenvalue weighted by molar-refractivity contribution is -0.118. The first-order valence-electron chi connectivity index (χ1n) is 9.22. The lowest BCUT2D eigenvalue weighted by Crippen LogP contribution is -2.54. The normalized spacial score (nSPS) is 35.3. The molecule has 4 saturated carbocycles. The first-order chi connectivity index (χ1) is 11.6. The number of carbonyl (C=O) groups excluding carboxylic acids is 1. The van der Waals surface area contributed by atoms with Crippen LogP contribution >= 0.6 is 11.3 Å². The fourth-order valence-electron chi connectivity index (χ4n) is 6.20. The van der Waals surface area contributed by atoms with Gasteiger partial charge in [0.15, 0.2) is 0 Å². The minimum absolute atomic E-state index is 0.0527. The molecule has 0 radical (unpaired) electrons. The van der Waals surface area contributed by atoms with Gasteiger partial charge < -0.3 is 10.1 Å². The van der Waals surface area contributed by atoms with E-state index in [4.69, 9.17) is 0 Å². The molecule has 1 aromatic carbocycles. The van der Waals surface area contributed by atoms with Gasteiger partial charge in [0.2, 0.25) is 0 Å². The Bertz CT molecular complexity index is 761. The SMILES string of the molecule is Cc1nc2cc(NC(C=O)C34CC5CC(CC(C5)C3)C4)ccc2s1. The van der Waals surface area contributed by atoms with Crippen molar-refractivity contribution in [1.29, 1.82) is 0 Å². The number of benzene rings is 1. The summed E-state index contributed by atoms with van der Waals surface area (Å²) in [5.41, 5.74) is 2.28. The number of anilines is 1. The summed E-state index contributed by atoms with van der Waals surface area (Å²) in [6.07, 6.45) is 9.15. The van der Waals surface area contributed by atoms with Crippen molar-refractivity contribution in [1.82, 2.24) is 4.98 Å². The van der Waals surface area contributed by atoms with E-state index in [-0.39, 0.29) is 11.5 Å². The van der Waals surface area contributed by atoms with Crippen LogP contribution in [0.5, 0.6) is 0 Å². The summed E-state index contributed by atoms with van der Waals surface area (Å²) in [7, 11) is 0. The zero-order chi connectivity index (χ0) is 16.3. The Hall–Kier alpha value is -1.42. The van der Waals surface area contributed by atoms with Crippen LogP contribution in [-0.4, -0.2) is 17.3 Å². The Morgan fingerprint density at radius 3 is 2.50 bits per heavy atom. The van der Waals surface area contributed by atoms with Crippen LogP contribution in [0.3, 0.4) is 0 Å². The van der Waals surface area contributed by atoms with E-state index in [9.17, 15) is 4.79 Å². The van der Waals surface area contributed by atoms with Gasteiger partial charge in [0.05, 0.1) is 21.3 Å². The molecule has 3 nitrogen and oxygen atoms in total.